The number of hydrogen-bond acceptors (Lipinski definition) is 1. The molecule has 1 aromatic carbocycles. The average Bonchev–Trinajstić information content (AvgIpc) is 2.14. The molecule has 0 saturated carbocycles. The molecule has 0 aromatic heterocycles. The minimum Gasteiger partial charge on any atom is -0.379 e. The van der Waals surface area contributed by atoms with Crippen molar-refractivity contribution in [2.75, 3.05) is 0 Å². The number of hydrogen-bond donors (Lipinski definition) is 1. The van der Waals surface area contributed by atoms with Crippen LogP contribution in [0.25, 0.3) is 0 Å². The maximum absolute atomic E-state index is 12.6. The summed E-state index contributed by atoms with van der Waals surface area (Å²) in [6.07, 6.45) is -13.7. The van der Waals surface area contributed by atoms with Crippen LogP contribution in [0.1, 0.15) is 17.2 Å². The summed E-state index contributed by atoms with van der Waals surface area (Å²) in [5.74, 6) is -1.34. The van der Waals surface area contributed by atoms with Gasteiger partial charge in [0.15, 0.2) is 6.10 Å². The molecule has 1 N–H and O–H groups in total. The Morgan fingerprint density at radius 2 is 1.53 bits per heavy atom. The predicted molar refractivity (Wildman–Crippen MR) is 42.4 cm³/mol. The van der Waals surface area contributed by atoms with Gasteiger partial charge >= 0.3 is 12.4 Å². The van der Waals surface area contributed by atoms with Gasteiger partial charge in [0.25, 0.3) is 0 Å². The predicted octanol–water partition coefficient (Wildman–Crippen LogP) is 3.44. The van der Waals surface area contributed by atoms with Gasteiger partial charge in [-0.15, -0.1) is 0 Å². The topological polar surface area (TPSA) is 20.2 Å². The molecule has 0 aliphatic rings. The lowest BCUT2D eigenvalue weighted by atomic mass is 10.0. The van der Waals surface area contributed by atoms with Gasteiger partial charge in [0, 0.05) is 5.56 Å². The van der Waals surface area contributed by atoms with Crippen molar-refractivity contribution in [1.82, 2.24) is 0 Å². The molecule has 0 amide bonds. The van der Waals surface area contributed by atoms with Gasteiger partial charge in [-0.1, -0.05) is 6.07 Å². The van der Waals surface area contributed by atoms with E-state index in [0.717, 1.165) is 0 Å². The zero-order chi connectivity index (χ0) is 13.4. The number of halogens is 7. The van der Waals surface area contributed by atoms with Gasteiger partial charge in [-0.25, -0.2) is 4.39 Å². The Bertz CT molecular complexity index is 407. The molecule has 96 valence electrons. The Balaban J connectivity index is 3.34. The van der Waals surface area contributed by atoms with Crippen LogP contribution in [0.4, 0.5) is 30.7 Å². The van der Waals surface area contributed by atoms with Crippen molar-refractivity contribution in [1.29, 1.82) is 0 Å². The van der Waals surface area contributed by atoms with Crippen molar-refractivity contribution in [3.63, 3.8) is 0 Å². The Hall–Kier alpha value is -1.31. The number of aliphatic hydroxyl groups excluding tert-OH is 1. The van der Waals surface area contributed by atoms with Crippen LogP contribution in [0.5, 0.6) is 0 Å². The molecule has 0 aliphatic carbocycles. The summed E-state index contributed by atoms with van der Waals surface area (Å²) in [5, 5.41) is 8.74. The molecule has 1 nitrogen and oxygen atoms in total. The number of rotatable bonds is 1. The van der Waals surface area contributed by atoms with Gasteiger partial charge in [-0.2, -0.15) is 26.3 Å². The smallest absolute Gasteiger partial charge is 0.379 e. The van der Waals surface area contributed by atoms with E-state index in [1.807, 2.05) is 0 Å². The quantitative estimate of drug-likeness (QED) is 0.768. The van der Waals surface area contributed by atoms with Gasteiger partial charge in [0.05, 0.1) is 5.56 Å². The first kappa shape index (κ1) is 13.8. The van der Waals surface area contributed by atoms with Gasteiger partial charge in [0.2, 0.25) is 0 Å². The normalized spacial score (nSPS) is 14.8. The maximum atomic E-state index is 12.6. The van der Waals surface area contributed by atoms with E-state index in [1.54, 1.807) is 0 Å². The molecule has 0 fully saturated rings. The van der Waals surface area contributed by atoms with Crippen LogP contribution in [-0.4, -0.2) is 11.3 Å². The highest BCUT2D eigenvalue weighted by Crippen LogP contribution is 2.40. The molecule has 0 radical (unpaired) electrons. The van der Waals surface area contributed by atoms with E-state index in [9.17, 15) is 30.7 Å². The van der Waals surface area contributed by atoms with Gasteiger partial charge in [-0.3, -0.25) is 0 Å². The first-order valence-electron chi connectivity index (χ1n) is 4.15. The summed E-state index contributed by atoms with van der Waals surface area (Å²) in [6, 6.07) is 0.583. The third-order valence-electron chi connectivity index (χ3n) is 1.93. The zero-order valence-electron chi connectivity index (χ0n) is 7.90. The summed E-state index contributed by atoms with van der Waals surface area (Å²) in [6.45, 7) is 0. The highest BCUT2D eigenvalue weighted by atomic mass is 19.4. The first-order valence-corrected chi connectivity index (χ1v) is 4.15. The SMILES string of the molecule is OC(c1ccc(F)cc1C(F)(F)F)C(F)(F)F. The van der Waals surface area contributed by atoms with Crippen molar-refractivity contribution in [3.05, 3.63) is 35.1 Å². The van der Waals surface area contributed by atoms with Crippen molar-refractivity contribution in [2.24, 2.45) is 0 Å². The first-order chi connectivity index (χ1) is 7.53. The van der Waals surface area contributed by atoms with E-state index in [2.05, 4.69) is 0 Å². The number of alkyl halides is 6. The standard InChI is InChI=1S/C9H5F7O/c10-4-1-2-5(7(17)9(14,15)16)6(3-4)8(11,12)13/h1-3,7,17H. The molecule has 0 aliphatic heterocycles. The molecule has 1 aromatic rings. The molecular formula is C9H5F7O. The van der Waals surface area contributed by atoms with E-state index in [4.69, 9.17) is 5.11 Å². The fraction of sp³-hybridized carbons (Fsp3) is 0.333. The van der Waals surface area contributed by atoms with Crippen LogP contribution < -0.4 is 0 Å². The molecule has 1 unspecified atom stereocenters. The maximum Gasteiger partial charge on any atom is 0.418 e. The highest BCUT2D eigenvalue weighted by Gasteiger charge is 2.44. The second kappa shape index (κ2) is 4.17. The molecule has 0 heterocycles. The van der Waals surface area contributed by atoms with Gasteiger partial charge in [-0.05, 0) is 12.1 Å². The second-order valence-corrected chi connectivity index (χ2v) is 3.17. The van der Waals surface area contributed by atoms with E-state index >= 15 is 0 Å². The molecular weight excluding hydrogens is 257 g/mol. The van der Waals surface area contributed by atoms with Crippen molar-refractivity contribution < 1.29 is 35.8 Å². The van der Waals surface area contributed by atoms with Crippen LogP contribution >= 0.6 is 0 Å². The lowest BCUT2D eigenvalue weighted by Gasteiger charge is -2.19. The third kappa shape index (κ3) is 3.09. The van der Waals surface area contributed by atoms with Crippen molar-refractivity contribution in [3.8, 4) is 0 Å². The highest BCUT2D eigenvalue weighted by molar-refractivity contribution is 5.32. The molecule has 17 heavy (non-hydrogen) atoms. The lowest BCUT2D eigenvalue weighted by Crippen LogP contribution is -2.23. The van der Waals surface area contributed by atoms with Crippen LogP contribution in [0, 0.1) is 5.82 Å². The van der Waals surface area contributed by atoms with E-state index < -0.39 is 35.4 Å². The Morgan fingerprint density at radius 3 is 1.94 bits per heavy atom. The summed E-state index contributed by atoms with van der Waals surface area (Å²) >= 11 is 0. The minimum absolute atomic E-state index is 0.0930. The van der Waals surface area contributed by atoms with E-state index in [-0.39, 0.29) is 12.1 Å². The molecule has 8 heteroatoms. The van der Waals surface area contributed by atoms with Crippen LogP contribution in [0.2, 0.25) is 0 Å². The largest absolute Gasteiger partial charge is 0.418 e. The monoisotopic (exact) mass is 262 g/mol. The summed E-state index contributed by atoms with van der Waals surface area (Å²) in [4.78, 5) is 0. The van der Waals surface area contributed by atoms with Crippen molar-refractivity contribution >= 4 is 0 Å². The third-order valence-corrected chi connectivity index (χ3v) is 1.93. The Labute approximate surface area is 90.5 Å². The van der Waals surface area contributed by atoms with Gasteiger partial charge in [0.1, 0.15) is 5.82 Å². The van der Waals surface area contributed by atoms with Crippen LogP contribution in [0.15, 0.2) is 18.2 Å². The average molecular weight is 262 g/mol. The van der Waals surface area contributed by atoms with Gasteiger partial charge < -0.3 is 5.11 Å². The van der Waals surface area contributed by atoms with Crippen LogP contribution in [-0.2, 0) is 6.18 Å². The summed E-state index contributed by atoms with van der Waals surface area (Å²) < 4.78 is 85.8. The molecule has 0 spiro atoms. The summed E-state index contributed by atoms with van der Waals surface area (Å²) in [5.41, 5.74) is -3.27. The molecule has 1 atom stereocenters. The molecule has 1 rings (SSSR count). The number of aliphatic hydroxyl groups is 1. The Kier molecular flexibility index (Phi) is 3.37. The minimum atomic E-state index is -5.25. The Morgan fingerprint density at radius 1 is 1.00 bits per heavy atom. The van der Waals surface area contributed by atoms with Crippen molar-refractivity contribution in [2.45, 2.75) is 18.5 Å². The molecule has 0 bridgehead atoms. The zero-order valence-corrected chi connectivity index (χ0v) is 7.90. The fourth-order valence-corrected chi connectivity index (χ4v) is 1.19. The van der Waals surface area contributed by atoms with Crippen LogP contribution in [0.3, 0.4) is 0 Å². The lowest BCUT2D eigenvalue weighted by molar-refractivity contribution is -0.209. The van der Waals surface area contributed by atoms with E-state index in [1.165, 1.54) is 0 Å². The summed E-state index contributed by atoms with van der Waals surface area (Å²) in [7, 11) is 0. The molecule has 0 saturated heterocycles. The fourth-order valence-electron chi connectivity index (χ4n) is 1.19. The second-order valence-electron chi connectivity index (χ2n) is 3.17. The van der Waals surface area contributed by atoms with E-state index in [0.29, 0.717) is 6.07 Å². The number of benzene rings is 1.